The van der Waals surface area contributed by atoms with Crippen LogP contribution in [0.2, 0.25) is 0 Å². The van der Waals surface area contributed by atoms with E-state index in [0.717, 1.165) is 43.5 Å². The van der Waals surface area contributed by atoms with Gasteiger partial charge in [0.1, 0.15) is 18.1 Å². The van der Waals surface area contributed by atoms with Crippen LogP contribution in [0.25, 0.3) is 11.0 Å². The molecule has 176 valence electrons. The van der Waals surface area contributed by atoms with Crippen molar-refractivity contribution in [3.63, 3.8) is 0 Å². The summed E-state index contributed by atoms with van der Waals surface area (Å²) in [6, 6.07) is 17.7. The summed E-state index contributed by atoms with van der Waals surface area (Å²) in [4.78, 5) is 25.5. The third kappa shape index (κ3) is 5.19. The third-order valence-electron chi connectivity index (χ3n) is 5.73. The number of anilines is 1. The van der Waals surface area contributed by atoms with Crippen LogP contribution in [0.3, 0.4) is 0 Å². The van der Waals surface area contributed by atoms with Crippen molar-refractivity contribution in [2.24, 2.45) is 0 Å². The van der Waals surface area contributed by atoms with Gasteiger partial charge in [-0.1, -0.05) is 42.5 Å². The van der Waals surface area contributed by atoms with E-state index in [1.54, 1.807) is 4.57 Å². The number of benzene rings is 2. The van der Waals surface area contributed by atoms with Crippen LogP contribution in [0.1, 0.15) is 22.0 Å². The van der Waals surface area contributed by atoms with E-state index in [9.17, 15) is 13.2 Å². The van der Waals surface area contributed by atoms with Crippen molar-refractivity contribution in [1.29, 1.82) is 0 Å². The minimum Gasteiger partial charge on any atom is -0.318 e. The zero-order valence-electron chi connectivity index (χ0n) is 18.8. The van der Waals surface area contributed by atoms with Gasteiger partial charge in [0.15, 0.2) is 15.0 Å². The molecule has 10 heteroatoms. The lowest BCUT2D eigenvalue weighted by atomic mass is 10.1. The van der Waals surface area contributed by atoms with E-state index in [-0.39, 0.29) is 18.2 Å². The summed E-state index contributed by atoms with van der Waals surface area (Å²) < 4.78 is 25.5. The molecule has 0 spiro atoms. The molecule has 1 aliphatic heterocycles. The molecule has 0 radical (unpaired) electrons. The van der Waals surface area contributed by atoms with E-state index in [1.165, 1.54) is 21.8 Å². The average Bonchev–Trinajstić information content (AvgIpc) is 3.33. The standard InChI is InChI=1S/C24H25N5O3S2/c1-34(31,32)16-22-25-18-9-5-6-10-20(18)29(22)15-23(30)27-24-26-19-11-12-28(14-21(19)33-24)13-17-7-3-2-4-8-17/h2-10H,11-16H2,1H3,(H,26,27,30). The van der Waals surface area contributed by atoms with E-state index >= 15 is 0 Å². The number of nitrogens with one attached hydrogen (secondary N) is 1. The molecule has 0 bridgehead atoms. The van der Waals surface area contributed by atoms with Gasteiger partial charge in [0.2, 0.25) is 5.91 Å². The Morgan fingerprint density at radius 2 is 1.85 bits per heavy atom. The summed E-state index contributed by atoms with van der Waals surface area (Å²) in [5.74, 6) is -0.128. The lowest BCUT2D eigenvalue weighted by molar-refractivity contribution is -0.116. The average molecular weight is 496 g/mol. The van der Waals surface area contributed by atoms with Gasteiger partial charge in [0.25, 0.3) is 0 Å². The minimum absolute atomic E-state index is 0.0320. The van der Waals surface area contributed by atoms with Gasteiger partial charge in [0.05, 0.1) is 16.7 Å². The molecule has 34 heavy (non-hydrogen) atoms. The first-order valence-corrected chi connectivity index (χ1v) is 13.9. The second-order valence-corrected chi connectivity index (χ2v) is 11.8. The van der Waals surface area contributed by atoms with Gasteiger partial charge in [0, 0.05) is 37.2 Å². The van der Waals surface area contributed by atoms with Crippen LogP contribution >= 0.6 is 11.3 Å². The lowest BCUT2D eigenvalue weighted by Gasteiger charge is -2.25. The van der Waals surface area contributed by atoms with Crippen LogP contribution in [0.5, 0.6) is 0 Å². The first kappa shape index (κ1) is 22.7. The molecule has 4 aromatic rings. The molecule has 0 atom stereocenters. The van der Waals surface area contributed by atoms with Crippen LogP contribution in [0.15, 0.2) is 54.6 Å². The van der Waals surface area contributed by atoms with Crippen molar-refractivity contribution in [1.82, 2.24) is 19.4 Å². The van der Waals surface area contributed by atoms with Gasteiger partial charge in [-0.25, -0.2) is 18.4 Å². The first-order chi connectivity index (χ1) is 16.3. The van der Waals surface area contributed by atoms with E-state index in [2.05, 4.69) is 44.5 Å². The third-order valence-corrected chi connectivity index (χ3v) is 7.51. The zero-order valence-corrected chi connectivity index (χ0v) is 20.4. The monoisotopic (exact) mass is 495 g/mol. The van der Waals surface area contributed by atoms with Crippen LogP contribution in [-0.2, 0) is 46.4 Å². The van der Waals surface area contributed by atoms with Gasteiger partial charge >= 0.3 is 0 Å². The van der Waals surface area contributed by atoms with Crippen LogP contribution in [-0.4, -0.2) is 46.6 Å². The fourth-order valence-corrected chi connectivity index (χ4v) is 5.98. The number of amides is 1. The predicted octanol–water partition coefficient (Wildman–Crippen LogP) is 3.23. The molecule has 3 heterocycles. The molecular formula is C24H25N5O3S2. The Bertz CT molecular complexity index is 1440. The number of imidazole rings is 1. The lowest BCUT2D eigenvalue weighted by Crippen LogP contribution is -2.29. The maximum Gasteiger partial charge on any atom is 0.246 e. The van der Waals surface area contributed by atoms with Gasteiger partial charge in [-0.2, -0.15) is 0 Å². The number of carbonyl (C=O) groups excluding carboxylic acids is 1. The number of thiazole rings is 1. The Kier molecular flexibility index (Phi) is 6.20. The fraction of sp³-hybridized carbons (Fsp3) is 0.292. The van der Waals surface area contributed by atoms with E-state index in [1.807, 2.05) is 30.3 Å². The maximum atomic E-state index is 12.9. The number of hydrogen-bond acceptors (Lipinski definition) is 7. The van der Waals surface area contributed by atoms with E-state index in [4.69, 9.17) is 0 Å². The number of hydrogen-bond donors (Lipinski definition) is 1. The van der Waals surface area contributed by atoms with E-state index in [0.29, 0.717) is 16.5 Å². The molecule has 1 N–H and O–H groups in total. The molecule has 1 aliphatic rings. The largest absolute Gasteiger partial charge is 0.318 e. The summed E-state index contributed by atoms with van der Waals surface area (Å²) in [5.41, 5.74) is 3.71. The minimum atomic E-state index is -3.30. The zero-order chi connectivity index (χ0) is 23.7. The fourth-order valence-electron chi connectivity index (χ4n) is 4.23. The van der Waals surface area contributed by atoms with Gasteiger partial charge in [-0.05, 0) is 17.7 Å². The second kappa shape index (κ2) is 9.28. The number of para-hydroxylation sites is 2. The summed E-state index contributed by atoms with van der Waals surface area (Å²) in [6.07, 6.45) is 2.01. The van der Waals surface area contributed by atoms with Crippen molar-refractivity contribution in [3.8, 4) is 0 Å². The Morgan fingerprint density at radius 3 is 2.65 bits per heavy atom. The quantitative estimate of drug-likeness (QED) is 0.423. The van der Waals surface area contributed by atoms with Crippen molar-refractivity contribution in [3.05, 3.63) is 76.6 Å². The molecule has 0 saturated carbocycles. The van der Waals surface area contributed by atoms with Crippen molar-refractivity contribution >= 4 is 43.2 Å². The summed E-state index contributed by atoms with van der Waals surface area (Å²) in [7, 11) is -3.30. The number of aromatic nitrogens is 3. The van der Waals surface area contributed by atoms with Crippen molar-refractivity contribution < 1.29 is 13.2 Å². The molecular weight excluding hydrogens is 470 g/mol. The Balaban J connectivity index is 1.29. The molecule has 1 amide bonds. The van der Waals surface area contributed by atoms with Gasteiger partial charge < -0.3 is 9.88 Å². The van der Waals surface area contributed by atoms with Crippen LogP contribution in [0.4, 0.5) is 5.13 Å². The number of nitrogens with zero attached hydrogens (tertiary/aromatic N) is 4. The van der Waals surface area contributed by atoms with Crippen molar-refractivity contribution in [2.75, 3.05) is 18.1 Å². The highest BCUT2D eigenvalue weighted by Gasteiger charge is 2.22. The smallest absolute Gasteiger partial charge is 0.246 e. The highest BCUT2D eigenvalue weighted by Crippen LogP contribution is 2.29. The normalized spacial score (nSPS) is 14.3. The van der Waals surface area contributed by atoms with Gasteiger partial charge in [-0.3, -0.25) is 9.69 Å². The van der Waals surface area contributed by atoms with Crippen LogP contribution < -0.4 is 5.32 Å². The Hall–Kier alpha value is -3.08. The predicted molar refractivity (Wildman–Crippen MR) is 133 cm³/mol. The Labute approximate surface area is 202 Å². The molecule has 5 rings (SSSR count). The highest BCUT2D eigenvalue weighted by atomic mass is 32.2. The number of fused-ring (bicyclic) bond motifs is 2. The molecule has 0 unspecified atom stereocenters. The van der Waals surface area contributed by atoms with Crippen molar-refractivity contribution in [2.45, 2.75) is 31.8 Å². The van der Waals surface area contributed by atoms with Gasteiger partial charge in [-0.15, -0.1) is 11.3 Å². The molecule has 2 aromatic carbocycles. The topological polar surface area (TPSA) is 97.2 Å². The number of carbonyl (C=O) groups is 1. The summed E-state index contributed by atoms with van der Waals surface area (Å²) in [6.45, 7) is 2.59. The first-order valence-electron chi connectivity index (χ1n) is 11.0. The summed E-state index contributed by atoms with van der Waals surface area (Å²) >= 11 is 1.50. The molecule has 0 saturated heterocycles. The summed E-state index contributed by atoms with van der Waals surface area (Å²) in [5, 5.41) is 3.48. The molecule has 0 fully saturated rings. The highest BCUT2D eigenvalue weighted by molar-refractivity contribution is 7.89. The molecule has 8 nitrogen and oxygen atoms in total. The van der Waals surface area contributed by atoms with E-state index < -0.39 is 9.84 Å². The second-order valence-electron chi connectivity index (χ2n) is 8.56. The van der Waals surface area contributed by atoms with Crippen LogP contribution in [0, 0.1) is 0 Å². The SMILES string of the molecule is CS(=O)(=O)Cc1nc2ccccc2n1CC(=O)Nc1nc2c(s1)CN(Cc1ccccc1)CC2. The number of sulfone groups is 1. The molecule has 0 aliphatic carbocycles. The Morgan fingerprint density at radius 1 is 1.09 bits per heavy atom. The number of rotatable bonds is 7. The molecule has 2 aromatic heterocycles. The maximum absolute atomic E-state index is 12.9.